The van der Waals surface area contributed by atoms with E-state index in [1.807, 2.05) is 0 Å². The van der Waals surface area contributed by atoms with Gasteiger partial charge in [-0.1, -0.05) is 29.8 Å². The summed E-state index contributed by atoms with van der Waals surface area (Å²) in [5, 5.41) is 2.24. The Morgan fingerprint density at radius 3 is 2.65 bits per heavy atom. The molecule has 0 aliphatic carbocycles. The van der Waals surface area contributed by atoms with Crippen molar-refractivity contribution in [3.63, 3.8) is 0 Å². The van der Waals surface area contributed by atoms with Crippen molar-refractivity contribution in [3.05, 3.63) is 64.7 Å². The van der Waals surface area contributed by atoms with Crippen LogP contribution in [0, 0.1) is 0 Å². The van der Waals surface area contributed by atoms with Crippen molar-refractivity contribution in [2.24, 2.45) is 0 Å². The minimum atomic E-state index is -4.59. The van der Waals surface area contributed by atoms with Gasteiger partial charge in [0.05, 0.1) is 22.0 Å². The Balaban J connectivity index is 1.86. The Morgan fingerprint density at radius 2 is 1.92 bits per heavy atom. The summed E-state index contributed by atoms with van der Waals surface area (Å²) in [6.07, 6.45) is -2.21. The van der Waals surface area contributed by atoms with Crippen LogP contribution < -0.4 is 10.2 Å². The van der Waals surface area contributed by atoms with Gasteiger partial charge in [-0.2, -0.15) is 13.2 Å². The molecule has 0 radical (unpaired) electrons. The second kappa shape index (κ2) is 6.84. The highest BCUT2D eigenvalue weighted by atomic mass is 35.5. The number of nitrogens with zero attached hydrogens (tertiary/aromatic N) is 1. The number of anilines is 2. The molecule has 26 heavy (non-hydrogen) atoms. The molecule has 0 saturated carbocycles. The SMILES string of the molecule is O=C1CN(C(=O)C=Cc2ccc(Cl)c(C(F)(F)F)c2)c2ccccc2N1. The van der Waals surface area contributed by atoms with Crippen LogP contribution in [0.15, 0.2) is 48.5 Å². The Hall–Kier alpha value is -2.80. The van der Waals surface area contributed by atoms with Crippen molar-refractivity contribution >= 4 is 40.9 Å². The Bertz CT molecular complexity index is 910. The van der Waals surface area contributed by atoms with Gasteiger partial charge in [-0.25, -0.2) is 0 Å². The van der Waals surface area contributed by atoms with Crippen molar-refractivity contribution in [1.29, 1.82) is 0 Å². The third kappa shape index (κ3) is 3.72. The van der Waals surface area contributed by atoms with Crippen LogP contribution in [0.1, 0.15) is 11.1 Å². The van der Waals surface area contributed by atoms with E-state index in [2.05, 4.69) is 5.32 Å². The van der Waals surface area contributed by atoms with E-state index in [1.54, 1.807) is 24.3 Å². The number of rotatable bonds is 2. The molecular weight excluding hydrogens is 369 g/mol. The summed E-state index contributed by atoms with van der Waals surface area (Å²) in [5.41, 5.74) is 0.214. The zero-order valence-electron chi connectivity index (χ0n) is 13.2. The van der Waals surface area contributed by atoms with Crippen LogP contribution in [0.25, 0.3) is 6.08 Å². The van der Waals surface area contributed by atoms with Crippen molar-refractivity contribution in [1.82, 2.24) is 0 Å². The number of fused-ring (bicyclic) bond motifs is 1. The fraction of sp³-hybridized carbons (Fsp3) is 0.111. The third-order valence-corrected chi connectivity index (χ3v) is 4.08. The molecule has 2 aromatic rings. The van der Waals surface area contributed by atoms with Crippen LogP contribution in [0.5, 0.6) is 0 Å². The van der Waals surface area contributed by atoms with Gasteiger partial charge in [-0.15, -0.1) is 0 Å². The summed E-state index contributed by atoms with van der Waals surface area (Å²) in [7, 11) is 0. The lowest BCUT2D eigenvalue weighted by Crippen LogP contribution is -2.41. The summed E-state index contributed by atoms with van der Waals surface area (Å²) in [6, 6.07) is 10.1. The molecule has 1 N–H and O–H groups in total. The molecule has 0 bridgehead atoms. The van der Waals surface area contributed by atoms with Gasteiger partial charge in [0.2, 0.25) is 5.91 Å². The number of amides is 2. The molecule has 8 heteroatoms. The highest BCUT2D eigenvalue weighted by Gasteiger charge is 2.33. The number of benzene rings is 2. The molecule has 3 rings (SSSR count). The number of hydrogen-bond acceptors (Lipinski definition) is 2. The van der Waals surface area contributed by atoms with E-state index >= 15 is 0 Å². The number of halogens is 4. The fourth-order valence-corrected chi connectivity index (χ4v) is 2.78. The van der Waals surface area contributed by atoms with E-state index < -0.39 is 22.7 Å². The first kappa shape index (κ1) is 18.0. The summed E-state index contributed by atoms with van der Waals surface area (Å²) in [6.45, 7) is -0.172. The molecule has 4 nitrogen and oxygen atoms in total. The van der Waals surface area contributed by atoms with Crippen LogP contribution >= 0.6 is 11.6 Å². The van der Waals surface area contributed by atoms with E-state index in [1.165, 1.54) is 17.0 Å². The van der Waals surface area contributed by atoms with Crippen molar-refractivity contribution in [2.45, 2.75) is 6.18 Å². The summed E-state index contributed by atoms with van der Waals surface area (Å²) >= 11 is 5.57. The normalized spacial score (nSPS) is 14.3. The van der Waals surface area contributed by atoms with Gasteiger partial charge in [0, 0.05) is 6.08 Å². The third-order valence-electron chi connectivity index (χ3n) is 3.75. The first-order chi connectivity index (χ1) is 12.3. The molecule has 0 unspecified atom stereocenters. The number of hydrogen-bond donors (Lipinski definition) is 1. The second-order valence-electron chi connectivity index (χ2n) is 5.56. The topological polar surface area (TPSA) is 49.4 Å². The largest absolute Gasteiger partial charge is 0.417 e. The van der Waals surface area contributed by atoms with Crippen molar-refractivity contribution in [2.75, 3.05) is 16.8 Å². The molecule has 1 heterocycles. The molecule has 134 valence electrons. The van der Waals surface area contributed by atoms with Crippen molar-refractivity contribution in [3.8, 4) is 0 Å². The van der Waals surface area contributed by atoms with Gasteiger partial charge in [-0.3, -0.25) is 14.5 Å². The Labute approximate surface area is 151 Å². The van der Waals surface area contributed by atoms with E-state index in [4.69, 9.17) is 11.6 Å². The molecule has 2 amide bonds. The number of nitrogens with one attached hydrogen (secondary N) is 1. The minimum absolute atomic E-state index is 0.171. The number of carbonyl (C=O) groups excluding carboxylic acids is 2. The predicted octanol–water partition coefficient (Wildman–Crippen LogP) is 4.36. The first-order valence-electron chi connectivity index (χ1n) is 7.51. The molecule has 2 aromatic carbocycles. The maximum Gasteiger partial charge on any atom is 0.417 e. The molecule has 0 aromatic heterocycles. The smallest absolute Gasteiger partial charge is 0.323 e. The predicted molar refractivity (Wildman–Crippen MR) is 92.9 cm³/mol. The van der Waals surface area contributed by atoms with E-state index in [0.29, 0.717) is 11.4 Å². The molecule has 1 aliphatic heterocycles. The number of carbonyl (C=O) groups is 2. The van der Waals surface area contributed by atoms with Gasteiger partial charge < -0.3 is 5.32 Å². The summed E-state index contributed by atoms with van der Waals surface area (Å²) in [4.78, 5) is 25.4. The molecule has 0 fully saturated rings. The molecule has 0 saturated heterocycles. The van der Waals surface area contributed by atoms with Gasteiger partial charge in [0.15, 0.2) is 0 Å². The van der Waals surface area contributed by atoms with Gasteiger partial charge in [0.1, 0.15) is 6.54 Å². The average Bonchev–Trinajstić information content (AvgIpc) is 2.59. The lowest BCUT2D eigenvalue weighted by Gasteiger charge is -2.28. The minimum Gasteiger partial charge on any atom is -0.323 e. The monoisotopic (exact) mass is 380 g/mol. The first-order valence-corrected chi connectivity index (χ1v) is 7.89. The fourth-order valence-electron chi connectivity index (χ4n) is 2.55. The van der Waals surface area contributed by atoms with E-state index in [0.717, 1.165) is 18.2 Å². The van der Waals surface area contributed by atoms with Crippen molar-refractivity contribution < 1.29 is 22.8 Å². The maximum atomic E-state index is 12.9. The Kier molecular flexibility index (Phi) is 4.73. The van der Waals surface area contributed by atoms with Crippen LogP contribution in [0.2, 0.25) is 5.02 Å². The lowest BCUT2D eigenvalue weighted by molar-refractivity contribution is -0.137. The quantitative estimate of drug-likeness (QED) is 0.787. The lowest BCUT2D eigenvalue weighted by atomic mass is 10.1. The standard InChI is InChI=1S/C18H12ClF3N2O2/c19-13-7-5-11(9-12(13)18(20,21)22)6-8-17(26)24-10-16(25)23-14-3-1-2-4-15(14)24/h1-9H,10H2,(H,23,25). The van der Waals surface area contributed by atoms with Crippen LogP contribution in [0.4, 0.5) is 24.5 Å². The number of para-hydroxylation sites is 2. The van der Waals surface area contributed by atoms with Gasteiger partial charge in [0.25, 0.3) is 5.91 Å². The van der Waals surface area contributed by atoms with Crippen LogP contribution in [-0.2, 0) is 15.8 Å². The van der Waals surface area contributed by atoms with Gasteiger partial charge >= 0.3 is 6.18 Å². The maximum absolute atomic E-state index is 12.9. The molecule has 0 spiro atoms. The molecular formula is C18H12ClF3N2O2. The second-order valence-corrected chi connectivity index (χ2v) is 5.97. The molecule has 1 aliphatic rings. The highest BCUT2D eigenvalue weighted by molar-refractivity contribution is 6.31. The van der Waals surface area contributed by atoms with Crippen LogP contribution in [-0.4, -0.2) is 18.4 Å². The summed E-state index contributed by atoms with van der Waals surface area (Å²) < 4.78 is 38.7. The number of alkyl halides is 3. The highest BCUT2D eigenvalue weighted by Crippen LogP contribution is 2.35. The van der Waals surface area contributed by atoms with Gasteiger partial charge in [-0.05, 0) is 35.9 Å². The van der Waals surface area contributed by atoms with Crippen LogP contribution in [0.3, 0.4) is 0 Å². The zero-order chi connectivity index (χ0) is 18.9. The Morgan fingerprint density at radius 1 is 1.19 bits per heavy atom. The van der Waals surface area contributed by atoms with E-state index in [9.17, 15) is 22.8 Å². The zero-order valence-corrected chi connectivity index (χ0v) is 13.9. The molecule has 0 atom stereocenters. The average molecular weight is 381 g/mol. The summed E-state index contributed by atoms with van der Waals surface area (Å²) in [5.74, 6) is -0.868. The van der Waals surface area contributed by atoms with E-state index in [-0.39, 0.29) is 18.0 Å².